The van der Waals surface area contributed by atoms with Crippen LogP contribution in [0.15, 0.2) is 0 Å². The third-order valence-electron chi connectivity index (χ3n) is 4.39. The molecule has 0 saturated carbocycles. The first-order valence-electron chi connectivity index (χ1n) is 7.66. The number of hydrogen-bond donors (Lipinski definition) is 1. The standard InChI is InChI=1S/C15H27N3O2/c1-5-16-12(15(2,3)4)9-17-10-13(19)18-8-6-7-11(18)14(17)20/h11-12,16H,5-10H2,1-4H3. The highest BCUT2D eigenvalue weighted by molar-refractivity contribution is 5.95. The zero-order chi connectivity index (χ0) is 14.9. The number of nitrogens with one attached hydrogen (secondary N) is 1. The van der Waals surface area contributed by atoms with E-state index in [-0.39, 0.29) is 35.9 Å². The van der Waals surface area contributed by atoms with Crippen molar-refractivity contribution in [1.29, 1.82) is 0 Å². The second kappa shape index (κ2) is 5.72. The van der Waals surface area contributed by atoms with Crippen LogP contribution in [0.1, 0.15) is 40.5 Å². The Balaban J connectivity index is 2.08. The molecule has 0 aromatic rings. The fourth-order valence-corrected chi connectivity index (χ4v) is 3.13. The van der Waals surface area contributed by atoms with E-state index in [4.69, 9.17) is 0 Å². The molecule has 0 aromatic heterocycles. The molecular weight excluding hydrogens is 254 g/mol. The number of rotatable bonds is 4. The van der Waals surface area contributed by atoms with Crippen LogP contribution in [-0.4, -0.2) is 59.9 Å². The molecule has 2 heterocycles. The van der Waals surface area contributed by atoms with Crippen molar-refractivity contribution < 1.29 is 9.59 Å². The van der Waals surface area contributed by atoms with E-state index in [0.29, 0.717) is 6.54 Å². The maximum Gasteiger partial charge on any atom is 0.245 e. The third-order valence-corrected chi connectivity index (χ3v) is 4.39. The Hall–Kier alpha value is -1.10. The average Bonchev–Trinajstić information content (AvgIpc) is 2.83. The van der Waals surface area contributed by atoms with Gasteiger partial charge in [-0.3, -0.25) is 9.59 Å². The summed E-state index contributed by atoms with van der Waals surface area (Å²) >= 11 is 0. The first-order chi connectivity index (χ1) is 9.34. The predicted octanol–water partition coefficient (Wildman–Crippen LogP) is 0.844. The first kappa shape index (κ1) is 15.3. The molecule has 2 fully saturated rings. The van der Waals surface area contributed by atoms with E-state index in [9.17, 15) is 9.59 Å². The maximum atomic E-state index is 12.5. The fraction of sp³-hybridized carbons (Fsp3) is 0.867. The summed E-state index contributed by atoms with van der Waals surface area (Å²) < 4.78 is 0. The Morgan fingerprint density at radius 3 is 2.65 bits per heavy atom. The zero-order valence-electron chi connectivity index (χ0n) is 13.1. The van der Waals surface area contributed by atoms with Gasteiger partial charge < -0.3 is 15.1 Å². The van der Waals surface area contributed by atoms with Crippen molar-refractivity contribution in [2.24, 2.45) is 5.41 Å². The van der Waals surface area contributed by atoms with Crippen LogP contribution < -0.4 is 5.32 Å². The summed E-state index contributed by atoms with van der Waals surface area (Å²) in [6.45, 7) is 11.0. The molecule has 0 aliphatic carbocycles. The van der Waals surface area contributed by atoms with E-state index < -0.39 is 0 Å². The molecule has 1 N–H and O–H groups in total. The number of hydrogen-bond acceptors (Lipinski definition) is 3. The molecule has 0 bridgehead atoms. The van der Waals surface area contributed by atoms with Gasteiger partial charge in [0.2, 0.25) is 11.8 Å². The first-order valence-corrected chi connectivity index (χ1v) is 7.66. The molecule has 2 aliphatic heterocycles. The summed E-state index contributed by atoms with van der Waals surface area (Å²) in [4.78, 5) is 28.2. The van der Waals surface area contributed by atoms with E-state index in [1.54, 1.807) is 9.80 Å². The molecule has 2 aliphatic rings. The van der Waals surface area contributed by atoms with Gasteiger partial charge in [0.05, 0.1) is 6.54 Å². The third kappa shape index (κ3) is 2.97. The molecule has 0 aromatic carbocycles. The van der Waals surface area contributed by atoms with Crippen LogP contribution in [0.2, 0.25) is 0 Å². The fourth-order valence-electron chi connectivity index (χ4n) is 3.13. The summed E-state index contributed by atoms with van der Waals surface area (Å²) in [5.74, 6) is 0.241. The maximum absolute atomic E-state index is 12.5. The van der Waals surface area contributed by atoms with Gasteiger partial charge in [0, 0.05) is 19.1 Å². The van der Waals surface area contributed by atoms with Crippen LogP contribution in [-0.2, 0) is 9.59 Å². The summed E-state index contributed by atoms with van der Waals surface area (Å²) in [5, 5.41) is 3.45. The molecule has 2 atom stereocenters. The van der Waals surface area contributed by atoms with E-state index in [1.807, 2.05) is 0 Å². The van der Waals surface area contributed by atoms with Gasteiger partial charge in [-0.25, -0.2) is 0 Å². The summed E-state index contributed by atoms with van der Waals surface area (Å²) in [5.41, 5.74) is 0.0617. The van der Waals surface area contributed by atoms with Gasteiger partial charge >= 0.3 is 0 Å². The second-order valence-electron chi connectivity index (χ2n) is 6.94. The Morgan fingerprint density at radius 1 is 1.35 bits per heavy atom. The Morgan fingerprint density at radius 2 is 2.05 bits per heavy atom. The van der Waals surface area contributed by atoms with Crippen molar-refractivity contribution in [2.75, 3.05) is 26.2 Å². The van der Waals surface area contributed by atoms with Crippen molar-refractivity contribution in [1.82, 2.24) is 15.1 Å². The highest BCUT2D eigenvalue weighted by Crippen LogP contribution is 2.26. The van der Waals surface area contributed by atoms with Crippen molar-refractivity contribution >= 4 is 11.8 Å². The van der Waals surface area contributed by atoms with Gasteiger partial charge in [0.25, 0.3) is 0 Å². The molecule has 5 heteroatoms. The van der Waals surface area contributed by atoms with Gasteiger partial charge in [-0.1, -0.05) is 27.7 Å². The minimum atomic E-state index is -0.196. The van der Waals surface area contributed by atoms with Crippen molar-refractivity contribution in [3.63, 3.8) is 0 Å². The monoisotopic (exact) mass is 281 g/mol. The number of likely N-dealkylation sites (N-methyl/N-ethyl adjacent to an activating group) is 1. The Labute approximate surface area is 121 Å². The number of carbonyl (C=O) groups excluding carboxylic acids is 2. The lowest BCUT2D eigenvalue weighted by atomic mass is 9.86. The van der Waals surface area contributed by atoms with E-state index >= 15 is 0 Å². The highest BCUT2D eigenvalue weighted by atomic mass is 16.2. The summed E-state index contributed by atoms with van der Waals surface area (Å²) in [7, 11) is 0. The minimum absolute atomic E-state index is 0.0617. The normalized spacial score (nSPS) is 25.1. The molecule has 20 heavy (non-hydrogen) atoms. The number of amides is 2. The second-order valence-corrected chi connectivity index (χ2v) is 6.94. The van der Waals surface area contributed by atoms with Crippen LogP contribution in [0.5, 0.6) is 0 Å². The molecule has 5 nitrogen and oxygen atoms in total. The topological polar surface area (TPSA) is 52.7 Å². The van der Waals surface area contributed by atoms with Gasteiger partial charge in [-0.15, -0.1) is 0 Å². The SMILES string of the molecule is CCNC(CN1CC(=O)N2CCCC2C1=O)C(C)(C)C. The van der Waals surface area contributed by atoms with E-state index in [0.717, 1.165) is 25.9 Å². The van der Waals surface area contributed by atoms with Crippen LogP contribution in [0.25, 0.3) is 0 Å². The molecule has 0 spiro atoms. The molecule has 114 valence electrons. The number of carbonyl (C=O) groups is 2. The predicted molar refractivity (Wildman–Crippen MR) is 78.2 cm³/mol. The van der Waals surface area contributed by atoms with Gasteiger partial charge in [-0.2, -0.15) is 0 Å². The van der Waals surface area contributed by atoms with Crippen molar-refractivity contribution in [3.05, 3.63) is 0 Å². The van der Waals surface area contributed by atoms with E-state index in [1.165, 1.54) is 0 Å². The smallest absolute Gasteiger partial charge is 0.245 e. The lowest BCUT2D eigenvalue weighted by Crippen LogP contribution is -2.60. The molecule has 2 saturated heterocycles. The minimum Gasteiger partial charge on any atom is -0.330 e. The molecule has 2 unspecified atom stereocenters. The quantitative estimate of drug-likeness (QED) is 0.831. The largest absolute Gasteiger partial charge is 0.330 e. The lowest BCUT2D eigenvalue weighted by Gasteiger charge is -2.41. The van der Waals surface area contributed by atoms with Crippen molar-refractivity contribution in [3.8, 4) is 0 Å². The number of fused-ring (bicyclic) bond motifs is 1. The molecular formula is C15H27N3O2. The highest BCUT2D eigenvalue weighted by Gasteiger charge is 2.43. The zero-order valence-corrected chi connectivity index (χ0v) is 13.1. The van der Waals surface area contributed by atoms with Crippen LogP contribution in [0.4, 0.5) is 0 Å². The van der Waals surface area contributed by atoms with Crippen LogP contribution in [0.3, 0.4) is 0 Å². The molecule has 2 rings (SSSR count). The number of piperazine rings is 1. The molecule has 2 amide bonds. The van der Waals surface area contributed by atoms with E-state index in [2.05, 4.69) is 33.0 Å². The Kier molecular flexibility index (Phi) is 4.37. The van der Waals surface area contributed by atoms with Crippen molar-refractivity contribution in [2.45, 2.75) is 52.6 Å². The van der Waals surface area contributed by atoms with Crippen LogP contribution >= 0.6 is 0 Å². The average molecular weight is 281 g/mol. The summed E-state index contributed by atoms with van der Waals surface area (Å²) in [6, 6.07) is 0.00991. The molecule has 0 radical (unpaired) electrons. The van der Waals surface area contributed by atoms with Gasteiger partial charge in [0.1, 0.15) is 6.04 Å². The Bertz CT molecular complexity index is 389. The van der Waals surface area contributed by atoms with Crippen LogP contribution in [0, 0.1) is 5.41 Å². The van der Waals surface area contributed by atoms with Gasteiger partial charge in [-0.05, 0) is 24.8 Å². The van der Waals surface area contributed by atoms with Gasteiger partial charge in [0.15, 0.2) is 0 Å². The summed E-state index contributed by atoms with van der Waals surface area (Å²) in [6.07, 6.45) is 1.77. The number of nitrogens with zero attached hydrogens (tertiary/aromatic N) is 2. The lowest BCUT2D eigenvalue weighted by molar-refractivity contribution is -0.154.